The SMILES string of the molecule is CCn1nc(C)c(Cl)c1CC(CSc1ccccc1)NC. The topological polar surface area (TPSA) is 29.9 Å². The fraction of sp³-hybridized carbons (Fsp3) is 0.438. The van der Waals surface area contributed by atoms with Crippen molar-refractivity contribution in [2.24, 2.45) is 0 Å². The van der Waals surface area contributed by atoms with Gasteiger partial charge in [-0.05, 0) is 33.0 Å². The smallest absolute Gasteiger partial charge is 0.0847 e. The van der Waals surface area contributed by atoms with Crippen molar-refractivity contribution >= 4 is 23.4 Å². The summed E-state index contributed by atoms with van der Waals surface area (Å²) in [5.41, 5.74) is 2.05. The lowest BCUT2D eigenvalue weighted by molar-refractivity contribution is 0.556. The second-order valence-corrected chi connectivity index (χ2v) is 6.45. The van der Waals surface area contributed by atoms with Crippen molar-refractivity contribution in [3.05, 3.63) is 46.7 Å². The van der Waals surface area contributed by atoms with Gasteiger partial charge in [0.2, 0.25) is 0 Å². The maximum Gasteiger partial charge on any atom is 0.0847 e. The van der Waals surface area contributed by atoms with E-state index < -0.39 is 0 Å². The number of thioether (sulfide) groups is 1. The predicted octanol–water partition coefficient (Wildman–Crippen LogP) is 3.79. The molecule has 1 N–H and O–H groups in total. The first-order valence-electron chi connectivity index (χ1n) is 7.22. The number of hydrogen-bond acceptors (Lipinski definition) is 3. The third-order valence-corrected chi connectivity index (χ3v) is 5.16. The minimum atomic E-state index is 0.370. The largest absolute Gasteiger partial charge is 0.316 e. The summed E-state index contributed by atoms with van der Waals surface area (Å²) in [4.78, 5) is 1.30. The molecule has 1 unspecified atom stereocenters. The molecule has 114 valence electrons. The van der Waals surface area contributed by atoms with Crippen molar-refractivity contribution in [2.75, 3.05) is 12.8 Å². The zero-order valence-electron chi connectivity index (χ0n) is 12.8. The third-order valence-electron chi connectivity index (χ3n) is 3.50. The minimum absolute atomic E-state index is 0.370. The van der Waals surface area contributed by atoms with Crippen LogP contribution < -0.4 is 5.32 Å². The first kappa shape index (κ1) is 16.4. The Labute approximate surface area is 136 Å². The van der Waals surface area contributed by atoms with Gasteiger partial charge in [0.1, 0.15) is 0 Å². The molecule has 0 bridgehead atoms. The second kappa shape index (κ2) is 7.87. The maximum absolute atomic E-state index is 6.39. The van der Waals surface area contributed by atoms with Crippen LogP contribution in [0.4, 0.5) is 0 Å². The molecule has 0 fully saturated rings. The zero-order chi connectivity index (χ0) is 15.2. The van der Waals surface area contributed by atoms with E-state index in [4.69, 9.17) is 11.6 Å². The van der Waals surface area contributed by atoms with Crippen LogP contribution in [0.15, 0.2) is 35.2 Å². The van der Waals surface area contributed by atoms with Crippen molar-refractivity contribution in [1.82, 2.24) is 15.1 Å². The molecule has 5 heteroatoms. The second-order valence-electron chi connectivity index (χ2n) is 4.98. The number of halogens is 1. The molecule has 21 heavy (non-hydrogen) atoms. The van der Waals surface area contributed by atoms with Gasteiger partial charge in [0, 0.05) is 29.7 Å². The Morgan fingerprint density at radius 1 is 1.33 bits per heavy atom. The molecule has 0 aliphatic carbocycles. The van der Waals surface area contributed by atoms with Gasteiger partial charge in [-0.1, -0.05) is 29.8 Å². The van der Waals surface area contributed by atoms with Gasteiger partial charge in [0.05, 0.1) is 16.4 Å². The molecule has 1 atom stereocenters. The molecule has 1 aromatic heterocycles. The van der Waals surface area contributed by atoms with E-state index in [1.807, 2.05) is 36.5 Å². The van der Waals surface area contributed by atoms with E-state index in [0.717, 1.165) is 35.1 Å². The third kappa shape index (κ3) is 4.25. The van der Waals surface area contributed by atoms with Crippen LogP contribution in [0.5, 0.6) is 0 Å². The van der Waals surface area contributed by atoms with Gasteiger partial charge >= 0.3 is 0 Å². The van der Waals surface area contributed by atoms with Gasteiger partial charge in [0.25, 0.3) is 0 Å². The average Bonchev–Trinajstić information content (AvgIpc) is 2.79. The lowest BCUT2D eigenvalue weighted by Gasteiger charge is -2.17. The molecule has 0 spiro atoms. The first-order chi connectivity index (χ1) is 10.2. The molecule has 1 aromatic carbocycles. The van der Waals surface area contributed by atoms with Crippen molar-refractivity contribution < 1.29 is 0 Å². The molecule has 0 aliphatic heterocycles. The molecule has 2 rings (SSSR count). The number of aryl methyl sites for hydroxylation is 2. The molecule has 0 radical (unpaired) electrons. The number of benzene rings is 1. The molecule has 0 aliphatic rings. The van der Waals surface area contributed by atoms with E-state index >= 15 is 0 Å². The van der Waals surface area contributed by atoms with E-state index in [0.29, 0.717) is 6.04 Å². The highest BCUT2D eigenvalue weighted by molar-refractivity contribution is 7.99. The lowest BCUT2D eigenvalue weighted by Crippen LogP contribution is -2.31. The van der Waals surface area contributed by atoms with Crippen LogP contribution in [-0.4, -0.2) is 28.6 Å². The quantitative estimate of drug-likeness (QED) is 0.786. The number of nitrogens with zero attached hydrogens (tertiary/aromatic N) is 2. The Morgan fingerprint density at radius 3 is 2.67 bits per heavy atom. The fourth-order valence-electron chi connectivity index (χ4n) is 2.26. The summed E-state index contributed by atoms with van der Waals surface area (Å²) in [6, 6.07) is 10.8. The minimum Gasteiger partial charge on any atom is -0.316 e. The van der Waals surface area contributed by atoms with E-state index in [1.165, 1.54) is 4.90 Å². The number of nitrogens with one attached hydrogen (secondary N) is 1. The number of rotatable bonds is 7. The van der Waals surface area contributed by atoms with Crippen molar-refractivity contribution in [2.45, 2.75) is 37.8 Å². The summed E-state index contributed by atoms with van der Waals surface area (Å²) < 4.78 is 2.01. The fourth-order valence-corrected chi connectivity index (χ4v) is 3.50. The van der Waals surface area contributed by atoms with Crippen LogP contribution in [0.3, 0.4) is 0 Å². The van der Waals surface area contributed by atoms with Gasteiger partial charge in [-0.15, -0.1) is 11.8 Å². The molecule has 0 saturated heterocycles. The molecule has 2 aromatic rings. The standard InChI is InChI=1S/C16H22ClN3S/c1-4-20-15(16(17)12(2)19-20)10-13(18-3)11-21-14-8-6-5-7-9-14/h5-9,13,18H,4,10-11H2,1-3H3. The molecule has 0 saturated carbocycles. The Hall–Kier alpha value is -0.970. The molecule has 3 nitrogen and oxygen atoms in total. The number of aromatic nitrogens is 2. The van der Waals surface area contributed by atoms with Gasteiger partial charge in [-0.25, -0.2) is 0 Å². The Bertz CT molecular complexity index is 568. The van der Waals surface area contributed by atoms with Crippen LogP contribution in [0.1, 0.15) is 18.3 Å². The van der Waals surface area contributed by atoms with Crippen LogP contribution in [0.2, 0.25) is 5.02 Å². The number of likely N-dealkylation sites (N-methyl/N-ethyl adjacent to an activating group) is 1. The summed E-state index contributed by atoms with van der Waals surface area (Å²) >= 11 is 8.26. The molecule has 0 amide bonds. The zero-order valence-corrected chi connectivity index (χ0v) is 14.3. The first-order valence-corrected chi connectivity index (χ1v) is 8.59. The highest BCUT2D eigenvalue weighted by atomic mass is 35.5. The van der Waals surface area contributed by atoms with Crippen molar-refractivity contribution in [1.29, 1.82) is 0 Å². The van der Waals surface area contributed by atoms with Gasteiger partial charge in [-0.2, -0.15) is 5.10 Å². The summed E-state index contributed by atoms with van der Waals surface area (Å²) in [6.07, 6.45) is 0.893. The molecule has 1 heterocycles. The van der Waals surface area contributed by atoms with Gasteiger partial charge in [-0.3, -0.25) is 4.68 Å². The van der Waals surface area contributed by atoms with Crippen LogP contribution in [0, 0.1) is 6.92 Å². The summed E-state index contributed by atoms with van der Waals surface area (Å²) in [5.74, 6) is 1.00. The van der Waals surface area contributed by atoms with E-state index in [-0.39, 0.29) is 0 Å². The van der Waals surface area contributed by atoms with E-state index in [2.05, 4.69) is 41.6 Å². The highest BCUT2D eigenvalue weighted by Crippen LogP contribution is 2.24. The molecular formula is C16H22ClN3S. The van der Waals surface area contributed by atoms with Crippen molar-refractivity contribution in [3.8, 4) is 0 Å². The van der Waals surface area contributed by atoms with Gasteiger partial charge in [0.15, 0.2) is 0 Å². The van der Waals surface area contributed by atoms with Crippen LogP contribution >= 0.6 is 23.4 Å². The monoisotopic (exact) mass is 323 g/mol. The number of hydrogen-bond donors (Lipinski definition) is 1. The van der Waals surface area contributed by atoms with Gasteiger partial charge < -0.3 is 5.32 Å². The summed E-state index contributed by atoms with van der Waals surface area (Å²) in [5, 5.41) is 8.68. The predicted molar refractivity (Wildman–Crippen MR) is 91.4 cm³/mol. The lowest BCUT2D eigenvalue weighted by atomic mass is 10.1. The Morgan fingerprint density at radius 2 is 2.05 bits per heavy atom. The summed E-state index contributed by atoms with van der Waals surface area (Å²) in [6.45, 7) is 4.91. The van der Waals surface area contributed by atoms with Crippen LogP contribution in [0.25, 0.3) is 0 Å². The maximum atomic E-state index is 6.39. The summed E-state index contributed by atoms with van der Waals surface area (Å²) in [7, 11) is 2.00. The normalized spacial score (nSPS) is 12.6. The van der Waals surface area contributed by atoms with E-state index in [9.17, 15) is 0 Å². The van der Waals surface area contributed by atoms with Crippen molar-refractivity contribution in [3.63, 3.8) is 0 Å². The Balaban J connectivity index is 2.02. The average molecular weight is 324 g/mol. The van der Waals surface area contributed by atoms with E-state index in [1.54, 1.807) is 0 Å². The molecular weight excluding hydrogens is 302 g/mol. The van der Waals surface area contributed by atoms with Crippen LogP contribution in [-0.2, 0) is 13.0 Å². The Kier molecular flexibility index (Phi) is 6.15. The highest BCUT2D eigenvalue weighted by Gasteiger charge is 2.17.